The summed E-state index contributed by atoms with van der Waals surface area (Å²) in [5.74, 6) is -0.00533. The Morgan fingerprint density at radius 2 is 1.75 bits per heavy atom. The van der Waals surface area contributed by atoms with E-state index in [1.165, 1.54) is 18.2 Å². The smallest absolute Gasteiger partial charge is 0.325 e. The molecule has 1 N–H and O–H groups in total. The molecule has 3 aromatic rings. The van der Waals surface area contributed by atoms with Crippen LogP contribution in [0.2, 0.25) is 0 Å². The van der Waals surface area contributed by atoms with E-state index >= 15 is 0 Å². The quantitative estimate of drug-likeness (QED) is 0.628. The summed E-state index contributed by atoms with van der Waals surface area (Å²) in [6, 6.07) is 12.5. The number of rotatable bonds is 5. The van der Waals surface area contributed by atoms with Gasteiger partial charge in [0.2, 0.25) is 5.91 Å². The van der Waals surface area contributed by atoms with Crippen molar-refractivity contribution in [3.63, 3.8) is 0 Å². The van der Waals surface area contributed by atoms with Gasteiger partial charge < -0.3 is 5.32 Å². The van der Waals surface area contributed by atoms with E-state index in [1.54, 1.807) is 6.92 Å². The number of halogens is 3. The Morgan fingerprint density at radius 1 is 1.07 bits per heavy atom. The van der Waals surface area contributed by atoms with E-state index < -0.39 is 17.6 Å². The number of carbonyl (C=O) groups excluding carboxylic acids is 1. The summed E-state index contributed by atoms with van der Waals surface area (Å²) in [6.45, 7) is 3.74. The Kier molecular flexibility index (Phi) is 5.73. The normalized spacial score (nSPS) is 11.5. The molecule has 1 amide bonds. The van der Waals surface area contributed by atoms with E-state index in [0.717, 1.165) is 29.1 Å². The number of alkyl halides is 3. The molecule has 0 bridgehead atoms. The van der Waals surface area contributed by atoms with Crippen LogP contribution in [0.25, 0.3) is 5.69 Å². The van der Waals surface area contributed by atoms with Crippen LogP contribution in [0.1, 0.15) is 17.0 Å². The highest BCUT2D eigenvalue weighted by atomic mass is 32.2. The molecule has 0 saturated carbocycles. The lowest BCUT2D eigenvalue weighted by atomic mass is 10.1. The van der Waals surface area contributed by atoms with Crippen LogP contribution in [0.3, 0.4) is 0 Å². The Labute approximate surface area is 164 Å². The van der Waals surface area contributed by atoms with Crippen molar-refractivity contribution < 1.29 is 18.0 Å². The fourth-order valence-corrected chi connectivity index (χ4v) is 3.47. The zero-order valence-corrected chi connectivity index (χ0v) is 15.9. The number of benzene rings is 2. The Balaban J connectivity index is 1.75. The van der Waals surface area contributed by atoms with Crippen LogP contribution in [-0.2, 0) is 11.0 Å². The fourth-order valence-electron chi connectivity index (χ4n) is 2.68. The van der Waals surface area contributed by atoms with Gasteiger partial charge in [-0.3, -0.25) is 9.36 Å². The number of aromatic nitrogens is 3. The van der Waals surface area contributed by atoms with Crippen molar-refractivity contribution in [2.45, 2.75) is 25.2 Å². The lowest BCUT2D eigenvalue weighted by molar-refractivity contribution is -0.137. The first-order chi connectivity index (χ1) is 13.3. The molecular formula is C19H17F3N4OS. The second-order valence-electron chi connectivity index (χ2n) is 6.03. The molecule has 0 atom stereocenters. The Hall–Kier alpha value is -2.81. The van der Waals surface area contributed by atoms with Crippen molar-refractivity contribution in [1.29, 1.82) is 0 Å². The van der Waals surface area contributed by atoms with Gasteiger partial charge in [-0.1, -0.05) is 42.1 Å². The largest absolute Gasteiger partial charge is 0.418 e. The second kappa shape index (κ2) is 8.05. The molecule has 146 valence electrons. The number of thioether (sulfide) groups is 1. The van der Waals surface area contributed by atoms with Gasteiger partial charge >= 0.3 is 6.18 Å². The van der Waals surface area contributed by atoms with Crippen LogP contribution in [-0.4, -0.2) is 26.4 Å². The third-order valence-electron chi connectivity index (χ3n) is 3.99. The molecule has 0 spiro atoms. The molecule has 0 aliphatic heterocycles. The predicted octanol–water partition coefficient (Wildman–Crippen LogP) is 4.63. The molecule has 0 aliphatic rings. The Bertz CT molecular complexity index is 1000. The summed E-state index contributed by atoms with van der Waals surface area (Å²) in [7, 11) is 0. The van der Waals surface area contributed by atoms with Crippen LogP contribution in [0.4, 0.5) is 18.9 Å². The maximum Gasteiger partial charge on any atom is 0.418 e. The summed E-state index contributed by atoms with van der Waals surface area (Å²) in [6.07, 6.45) is -4.54. The van der Waals surface area contributed by atoms with E-state index in [2.05, 4.69) is 15.5 Å². The molecule has 0 saturated heterocycles. The minimum absolute atomic E-state index is 0.101. The summed E-state index contributed by atoms with van der Waals surface area (Å²) >= 11 is 1.11. The van der Waals surface area contributed by atoms with E-state index in [-0.39, 0.29) is 11.4 Å². The summed E-state index contributed by atoms with van der Waals surface area (Å²) in [5, 5.41) is 11.0. The van der Waals surface area contributed by atoms with Crippen LogP contribution in [0.15, 0.2) is 53.7 Å². The molecule has 0 fully saturated rings. The minimum atomic E-state index is -4.54. The standard InChI is InChI=1S/C19H17F3N4OS/c1-12-7-3-6-10-16(12)26-13(2)24-25-18(26)28-11-17(27)23-15-9-5-4-8-14(15)19(20,21)22/h3-10H,11H2,1-2H3,(H,23,27). The minimum Gasteiger partial charge on any atom is -0.325 e. The topological polar surface area (TPSA) is 59.8 Å². The van der Waals surface area contributed by atoms with Crippen LogP contribution < -0.4 is 5.32 Å². The van der Waals surface area contributed by atoms with Gasteiger partial charge in [-0.05, 0) is 37.6 Å². The van der Waals surface area contributed by atoms with Crippen molar-refractivity contribution in [2.75, 3.05) is 11.1 Å². The van der Waals surface area contributed by atoms with Gasteiger partial charge in [-0.25, -0.2) is 0 Å². The lowest BCUT2D eigenvalue weighted by Crippen LogP contribution is -2.18. The number of nitrogens with one attached hydrogen (secondary N) is 1. The number of anilines is 1. The predicted molar refractivity (Wildman–Crippen MR) is 102 cm³/mol. The molecular weight excluding hydrogens is 389 g/mol. The van der Waals surface area contributed by atoms with Crippen molar-refractivity contribution >= 4 is 23.4 Å². The Morgan fingerprint density at radius 3 is 2.46 bits per heavy atom. The first kappa shape index (κ1) is 19.9. The van der Waals surface area contributed by atoms with E-state index in [9.17, 15) is 18.0 Å². The number of carbonyl (C=O) groups is 1. The molecule has 2 aromatic carbocycles. The third kappa shape index (κ3) is 4.36. The number of amides is 1. The molecule has 28 heavy (non-hydrogen) atoms. The van der Waals surface area contributed by atoms with Gasteiger partial charge in [-0.2, -0.15) is 13.2 Å². The molecule has 9 heteroatoms. The van der Waals surface area contributed by atoms with Crippen LogP contribution in [0.5, 0.6) is 0 Å². The van der Waals surface area contributed by atoms with Crippen molar-refractivity contribution in [3.05, 3.63) is 65.5 Å². The van der Waals surface area contributed by atoms with Gasteiger partial charge in [0.25, 0.3) is 0 Å². The summed E-state index contributed by atoms with van der Waals surface area (Å²) in [4.78, 5) is 12.2. The highest BCUT2D eigenvalue weighted by Crippen LogP contribution is 2.34. The average Bonchev–Trinajstić information content (AvgIpc) is 3.00. The lowest BCUT2D eigenvalue weighted by Gasteiger charge is -2.14. The SMILES string of the molecule is Cc1ccccc1-n1c(C)nnc1SCC(=O)Nc1ccccc1C(F)(F)F. The third-order valence-corrected chi connectivity index (χ3v) is 4.92. The van der Waals surface area contributed by atoms with E-state index in [1.807, 2.05) is 35.8 Å². The van der Waals surface area contributed by atoms with Crippen molar-refractivity contribution in [2.24, 2.45) is 0 Å². The molecule has 3 rings (SSSR count). The summed E-state index contributed by atoms with van der Waals surface area (Å²) in [5.41, 5.74) is 0.746. The van der Waals surface area contributed by atoms with Crippen LogP contribution in [0, 0.1) is 13.8 Å². The number of aryl methyl sites for hydroxylation is 2. The second-order valence-corrected chi connectivity index (χ2v) is 6.97. The molecule has 1 heterocycles. The molecule has 1 aromatic heterocycles. The van der Waals surface area contributed by atoms with Gasteiger partial charge in [0.1, 0.15) is 5.82 Å². The average molecular weight is 406 g/mol. The highest BCUT2D eigenvalue weighted by Gasteiger charge is 2.33. The van der Waals surface area contributed by atoms with Crippen LogP contribution >= 0.6 is 11.8 Å². The maximum absolute atomic E-state index is 13.1. The van der Waals surface area contributed by atoms with Gasteiger partial charge in [0, 0.05) is 0 Å². The van der Waals surface area contributed by atoms with Gasteiger partial charge in [0.15, 0.2) is 5.16 Å². The number of hydrogen-bond donors (Lipinski definition) is 1. The summed E-state index contributed by atoms with van der Waals surface area (Å²) < 4.78 is 41.0. The number of para-hydroxylation sites is 2. The van der Waals surface area contributed by atoms with Crippen molar-refractivity contribution in [3.8, 4) is 5.69 Å². The van der Waals surface area contributed by atoms with E-state index in [0.29, 0.717) is 11.0 Å². The molecule has 0 aliphatic carbocycles. The fraction of sp³-hybridized carbons (Fsp3) is 0.211. The highest BCUT2D eigenvalue weighted by molar-refractivity contribution is 7.99. The molecule has 0 radical (unpaired) electrons. The molecule has 5 nitrogen and oxygen atoms in total. The number of hydrogen-bond acceptors (Lipinski definition) is 4. The first-order valence-electron chi connectivity index (χ1n) is 8.34. The van der Waals surface area contributed by atoms with E-state index in [4.69, 9.17) is 0 Å². The van der Waals surface area contributed by atoms with Crippen molar-refractivity contribution in [1.82, 2.24) is 14.8 Å². The number of nitrogens with zero attached hydrogens (tertiary/aromatic N) is 3. The maximum atomic E-state index is 13.1. The van der Waals surface area contributed by atoms with Gasteiger partial charge in [0.05, 0.1) is 22.7 Å². The zero-order chi connectivity index (χ0) is 20.3. The zero-order valence-electron chi connectivity index (χ0n) is 15.1. The molecule has 0 unspecified atom stereocenters. The first-order valence-corrected chi connectivity index (χ1v) is 9.33. The monoisotopic (exact) mass is 406 g/mol. The van der Waals surface area contributed by atoms with Gasteiger partial charge in [-0.15, -0.1) is 10.2 Å².